The number of nitrogens with one attached hydrogen (secondary N) is 3. The lowest BCUT2D eigenvalue weighted by Crippen LogP contribution is -2.49. The summed E-state index contributed by atoms with van der Waals surface area (Å²) >= 11 is 6.45. The van der Waals surface area contributed by atoms with Crippen LogP contribution in [0.25, 0.3) is 11.3 Å². The molecule has 0 bridgehead atoms. The van der Waals surface area contributed by atoms with Gasteiger partial charge in [0.2, 0.25) is 11.9 Å². The van der Waals surface area contributed by atoms with Crippen LogP contribution >= 0.6 is 11.6 Å². The predicted molar refractivity (Wildman–Crippen MR) is 151 cm³/mol. The van der Waals surface area contributed by atoms with E-state index in [2.05, 4.69) is 26.1 Å². The fraction of sp³-hybridized carbons (Fsp3) is 0.241. The highest BCUT2D eigenvalue weighted by Gasteiger charge is 2.37. The Hall–Kier alpha value is -4.41. The first kappa shape index (κ1) is 27.2. The van der Waals surface area contributed by atoms with Crippen LogP contribution in [0, 0.1) is 0 Å². The first-order valence-corrected chi connectivity index (χ1v) is 13.3. The van der Waals surface area contributed by atoms with Crippen LogP contribution in [0.4, 0.5) is 5.95 Å². The van der Waals surface area contributed by atoms with Crippen LogP contribution in [0.15, 0.2) is 79.0 Å². The summed E-state index contributed by atoms with van der Waals surface area (Å²) in [5.74, 6) is -0.250. The normalized spacial score (nSPS) is 16.2. The zero-order chi connectivity index (χ0) is 28.2. The third kappa shape index (κ3) is 5.63. The summed E-state index contributed by atoms with van der Waals surface area (Å²) in [6, 6.07) is 13.4. The highest BCUT2D eigenvalue weighted by Crippen LogP contribution is 2.33. The van der Waals surface area contributed by atoms with Gasteiger partial charge in [-0.15, -0.1) is 0 Å². The Kier molecular flexibility index (Phi) is 7.99. The zero-order valence-electron chi connectivity index (χ0n) is 22.0. The van der Waals surface area contributed by atoms with Crippen molar-refractivity contribution in [1.82, 2.24) is 25.7 Å². The summed E-state index contributed by atoms with van der Waals surface area (Å²) in [6.07, 6.45) is 5.89. The third-order valence-electron chi connectivity index (χ3n) is 6.82. The van der Waals surface area contributed by atoms with Crippen LogP contribution in [-0.2, 0) is 16.2 Å². The van der Waals surface area contributed by atoms with Gasteiger partial charge in [-0.25, -0.2) is 15.4 Å². The van der Waals surface area contributed by atoms with Gasteiger partial charge in [-0.2, -0.15) is 0 Å². The topological polar surface area (TPSA) is 129 Å². The molecular formula is C29H29ClN6O4. The zero-order valence-corrected chi connectivity index (χ0v) is 22.7. The quantitative estimate of drug-likeness (QED) is 0.308. The highest BCUT2D eigenvalue weighted by atomic mass is 35.5. The van der Waals surface area contributed by atoms with E-state index in [1.165, 1.54) is 12.5 Å². The Labute approximate surface area is 236 Å². The second-order valence-electron chi connectivity index (χ2n) is 9.52. The van der Waals surface area contributed by atoms with Gasteiger partial charge in [-0.05, 0) is 30.5 Å². The van der Waals surface area contributed by atoms with Crippen LogP contribution in [0.1, 0.15) is 47.8 Å². The van der Waals surface area contributed by atoms with Crippen molar-refractivity contribution >= 4 is 29.4 Å². The smallest absolute Gasteiger partial charge is 0.255 e. The van der Waals surface area contributed by atoms with E-state index in [1.807, 2.05) is 49.4 Å². The van der Waals surface area contributed by atoms with Gasteiger partial charge in [0, 0.05) is 23.7 Å². The van der Waals surface area contributed by atoms with Crippen LogP contribution in [0.5, 0.6) is 0 Å². The number of rotatable bonds is 9. The van der Waals surface area contributed by atoms with Crippen molar-refractivity contribution < 1.29 is 19.5 Å². The van der Waals surface area contributed by atoms with Gasteiger partial charge in [0.25, 0.3) is 5.91 Å². The summed E-state index contributed by atoms with van der Waals surface area (Å²) in [6.45, 7) is 3.79. The molecule has 0 aliphatic carbocycles. The summed E-state index contributed by atoms with van der Waals surface area (Å²) < 4.78 is 0. The molecule has 2 aromatic carbocycles. The molecule has 0 radical (unpaired) electrons. The molecule has 1 aromatic heterocycles. The molecule has 0 spiro atoms. The average molecular weight is 561 g/mol. The number of carbonyl (C=O) groups is 2. The lowest BCUT2D eigenvalue weighted by atomic mass is 10.0. The van der Waals surface area contributed by atoms with E-state index in [4.69, 9.17) is 16.4 Å². The number of nitrogens with zero attached hydrogens (tertiary/aromatic N) is 3. The molecule has 11 heteroatoms. The Morgan fingerprint density at radius 3 is 2.75 bits per heavy atom. The minimum Gasteiger partial charge on any atom is -0.391 e. The number of carbonyl (C=O) groups excluding carboxylic acids is 2. The number of amides is 2. The lowest BCUT2D eigenvalue weighted by Gasteiger charge is -2.29. The monoisotopic (exact) mass is 560 g/mol. The molecule has 40 heavy (non-hydrogen) atoms. The number of anilines is 1. The molecular weight excluding hydrogens is 532 g/mol. The van der Waals surface area contributed by atoms with Crippen molar-refractivity contribution in [2.24, 2.45) is 0 Å². The number of aliphatic hydroxyl groups is 1. The maximum atomic E-state index is 13.6. The van der Waals surface area contributed by atoms with Crippen molar-refractivity contribution in [3.63, 3.8) is 0 Å². The first-order valence-electron chi connectivity index (χ1n) is 12.9. The molecule has 0 saturated heterocycles. The summed E-state index contributed by atoms with van der Waals surface area (Å²) in [7, 11) is 0. The second kappa shape index (κ2) is 11.8. The average Bonchev–Trinajstić information content (AvgIpc) is 3.29. The van der Waals surface area contributed by atoms with E-state index in [9.17, 15) is 14.7 Å². The molecule has 3 atom stereocenters. The molecule has 10 nitrogen and oxygen atoms in total. The molecule has 2 amide bonds. The molecule has 2 aliphatic rings. The standard InChI is InChI=1S/C29H29ClN6O4/c1-3-24(27(38)34-25(17(2)37)18-7-5-4-6-8-18)36-16-20-10-9-19(13-22(20)28(36)39)26-23(30)15-31-29(35-26)33-21-11-12-40-32-14-21/h4-15,17,24-25,32,37H,3,16H2,1-2H3,(H,34,38)(H,31,33,35)/t17-,24+,25+/m0/s1. The molecule has 0 fully saturated rings. The van der Waals surface area contributed by atoms with Crippen molar-refractivity contribution in [2.75, 3.05) is 5.32 Å². The van der Waals surface area contributed by atoms with E-state index >= 15 is 0 Å². The number of benzene rings is 2. The maximum Gasteiger partial charge on any atom is 0.255 e. The first-order chi connectivity index (χ1) is 19.4. The molecule has 3 aromatic rings. The van der Waals surface area contributed by atoms with Crippen molar-refractivity contribution in [3.8, 4) is 11.3 Å². The lowest BCUT2D eigenvalue weighted by molar-refractivity contribution is -0.127. The Morgan fingerprint density at radius 1 is 1.25 bits per heavy atom. The van der Waals surface area contributed by atoms with Gasteiger partial charge in [0.05, 0.1) is 41.0 Å². The van der Waals surface area contributed by atoms with Gasteiger partial charge in [-0.1, -0.05) is 61.0 Å². The Bertz CT molecular complexity index is 1480. The minimum absolute atomic E-state index is 0.251. The molecule has 5 rings (SSSR count). The van der Waals surface area contributed by atoms with Crippen LogP contribution in [-0.4, -0.2) is 43.9 Å². The Morgan fingerprint density at radius 2 is 2.05 bits per heavy atom. The maximum absolute atomic E-state index is 13.6. The van der Waals surface area contributed by atoms with Crippen molar-refractivity contribution in [3.05, 3.63) is 101 Å². The van der Waals surface area contributed by atoms with Crippen LogP contribution in [0.3, 0.4) is 0 Å². The summed E-state index contributed by atoms with van der Waals surface area (Å²) in [5.41, 5.74) is 6.50. The molecule has 206 valence electrons. The number of halogens is 1. The van der Waals surface area contributed by atoms with Gasteiger partial charge in [0.15, 0.2) is 0 Å². The van der Waals surface area contributed by atoms with Gasteiger partial charge in [-0.3, -0.25) is 9.59 Å². The van der Waals surface area contributed by atoms with E-state index in [0.717, 1.165) is 11.1 Å². The number of fused-ring (bicyclic) bond motifs is 1. The van der Waals surface area contributed by atoms with E-state index in [0.29, 0.717) is 46.5 Å². The fourth-order valence-corrected chi connectivity index (χ4v) is 4.99. The van der Waals surface area contributed by atoms with Gasteiger partial charge >= 0.3 is 0 Å². The Balaban J connectivity index is 1.36. The van der Waals surface area contributed by atoms with Crippen LogP contribution in [0.2, 0.25) is 5.02 Å². The number of aromatic nitrogens is 2. The second-order valence-corrected chi connectivity index (χ2v) is 9.93. The molecule has 0 unspecified atom stereocenters. The predicted octanol–water partition coefficient (Wildman–Crippen LogP) is 4.07. The van der Waals surface area contributed by atoms with Gasteiger partial charge < -0.3 is 25.5 Å². The summed E-state index contributed by atoms with van der Waals surface area (Å²) in [5, 5.41) is 16.7. The minimum atomic E-state index is -0.815. The molecule has 2 aliphatic heterocycles. The van der Waals surface area contributed by atoms with Gasteiger partial charge in [0.1, 0.15) is 12.3 Å². The van der Waals surface area contributed by atoms with Crippen molar-refractivity contribution in [2.45, 2.75) is 45.0 Å². The summed E-state index contributed by atoms with van der Waals surface area (Å²) in [4.78, 5) is 42.3. The number of hydrogen-bond donors (Lipinski definition) is 4. The molecule has 0 saturated carbocycles. The van der Waals surface area contributed by atoms with E-state index < -0.39 is 18.2 Å². The number of hydroxylamine groups is 1. The SMILES string of the molecule is CC[C@H](C(=O)N[C@@H](c1ccccc1)[C@H](C)O)N1Cc2ccc(-c3nc(NC4=CNOC=C4)ncc3Cl)cc2C1=O. The third-order valence-corrected chi connectivity index (χ3v) is 7.09. The highest BCUT2D eigenvalue weighted by molar-refractivity contribution is 6.33. The number of hydrogen-bond acceptors (Lipinski definition) is 8. The fourth-order valence-electron chi connectivity index (χ4n) is 4.79. The van der Waals surface area contributed by atoms with E-state index in [1.54, 1.807) is 30.2 Å². The number of aliphatic hydroxyl groups excluding tert-OH is 1. The molecule has 3 heterocycles. The van der Waals surface area contributed by atoms with Crippen LogP contribution < -0.4 is 16.1 Å². The molecule has 4 N–H and O–H groups in total. The largest absolute Gasteiger partial charge is 0.391 e. The number of allylic oxidation sites excluding steroid dienone is 1. The van der Waals surface area contributed by atoms with E-state index in [-0.39, 0.29) is 11.8 Å². The van der Waals surface area contributed by atoms with Crippen molar-refractivity contribution in [1.29, 1.82) is 0 Å².